The lowest BCUT2D eigenvalue weighted by molar-refractivity contribution is -0.149. The Morgan fingerprint density at radius 2 is 1.83 bits per heavy atom. The van der Waals surface area contributed by atoms with Crippen molar-refractivity contribution in [3.05, 3.63) is 41.2 Å². The Labute approximate surface area is 283 Å². The molecule has 1 amide bonds. The zero-order chi connectivity index (χ0) is 32.7. The number of benzene rings is 1. The molecule has 1 N–H and O–H groups in total. The van der Waals surface area contributed by atoms with Crippen LogP contribution in [0, 0.1) is 25.2 Å². The molecule has 4 saturated heterocycles. The molecule has 2 aromatic heterocycles. The highest BCUT2D eigenvalue weighted by atomic mass is 35.5. The van der Waals surface area contributed by atoms with Crippen molar-refractivity contribution in [3.63, 3.8) is 0 Å². The van der Waals surface area contributed by atoms with Crippen molar-refractivity contribution >= 4 is 34.2 Å². The minimum atomic E-state index is -0.0689. The van der Waals surface area contributed by atoms with Crippen LogP contribution in [0.1, 0.15) is 56.8 Å². The second-order valence-electron chi connectivity index (χ2n) is 15.8. The Bertz CT molecular complexity index is 1690. The predicted octanol–water partition coefficient (Wildman–Crippen LogP) is 5.06. The van der Waals surface area contributed by atoms with E-state index in [4.69, 9.17) is 21.4 Å². The summed E-state index contributed by atoms with van der Waals surface area (Å²) in [4.78, 5) is 21.9. The maximum atomic E-state index is 12.2. The number of amides is 1. The number of ether oxygens (including phenoxy) is 1. The number of piperidine rings is 1. The van der Waals surface area contributed by atoms with Gasteiger partial charge in [-0.1, -0.05) is 18.2 Å². The third-order valence-electron chi connectivity index (χ3n) is 12.1. The van der Waals surface area contributed by atoms with Crippen molar-refractivity contribution in [2.24, 2.45) is 11.3 Å². The Kier molecular flexibility index (Phi) is 7.74. The number of aryl methyl sites for hydroxylation is 1. The van der Waals surface area contributed by atoms with Gasteiger partial charge >= 0.3 is 0 Å². The molecule has 1 atom stereocenters. The van der Waals surface area contributed by atoms with Gasteiger partial charge in [0.2, 0.25) is 5.91 Å². The first-order valence-electron chi connectivity index (χ1n) is 17.5. The Morgan fingerprint density at radius 3 is 2.49 bits per heavy atom. The Balaban J connectivity index is 1.07. The molecule has 4 aliphatic heterocycles. The fraction of sp³-hybridized carbons (Fsp3) is 0.639. The lowest BCUT2D eigenvalue weighted by atomic mass is 9.60. The monoisotopic (exact) mass is 660 g/mol. The normalized spacial score (nSPS) is 25.2. The summed E-state index contributed by atoms with van der Waals surface area (Å²) in [6, 6.07) is 3.03. The molecule has 1 spiro atoms. The van der Waals surface area contributed by atoms with Crippen molar-refractivity contribution in [2.45, 2.75) is 71.0 Å². The second kappa shape index (κ2) is 11.6. The highest BCUT2D eigenvalue weighted by Crippen LogP contribution is 2.56. The van der Waals surface area contributed by atoms with Gasteiger partial charge in [-0.15, -0.1) is 0 Å². The maximum absolute atomic E-state index is 12.2. The van der Waals surface area contributed by atoms with Gasteiger partial charge in [-0.25, -0.2) is 0 Å². The first kappa shape index (κ1) is 31.4. The van der Waals surface area contributed by atoms with Crippen LogP contribution >= 0.6 is 11.6 Å². The van der Waals surface area contributed by atoms with Crippen LogP contribution in [-0.4, -0.2) is 118 Å². The Morgan fingerprint density at radius 1 is 1.09 bits per heavy atom. The van der Waals surface area contributed by atoms with Crippen LogP contribution in [-0.2, 0) is 9.53 Å². The van der Waals surface area contributed by atoms with Crippen LogP contribution in [0.25, 0.3) is 22.0 Å². The highest BCUT2D eigenvalue weighted by molar-refractivity contribution is 6.36. The van der Waals surface area contributed by atoms with E-state index < -0.39 is 0 Å². The van der Waals surface area contributed by atoms with Gasteiger partial charge in [0, 0.05) is 85.5 Å². The van der Waals surface area contributed by atoms with Crippen molar-refractivity contribution in [1.82, 2.24) is 34.7 Å². The van der Waals surface area contributed by atoms with E-state index >= 15 is 0 Å². The van der Waals surface area contributed by atoms with Gasteiger partial charge < -0.3 is 19.4 Å². The Hall–Kier alpha value is -2.92. The minimum absolute atomic E-state index is 0.0359. The van der Waals surface area contributed by atoms with Gasteiger partial charge in [0.1, 0.15) is 0 Å². The molecule has 5 fully saturated rings. The summed E-state index contributed by atoms with van der Waals surface area (Å²) in [7, 11) is 0. The van der Waals surface area contributed by atoms with Crippen LogP contribution in [0.5, 0.6) is 0 Å². The predicted molar refractivity (Wildman–Crippen MR) is 186 cm³/mol. The molecule has 8 rings (SSSR count). The molecular formula is C36H49ClN8O2. The van der Waals surface area contributed by atoms with E-state index in [-0.39, 0.29) is 16.9 Å². The molecule has 0 bridgehead atoms. The third-order valence-corrected chi connectivity index (χ3v) is 12.6. The molecule has 252 valence electrons. The van der Waals surface area contributed by atoms with Gasteiger partial charge in [0.25, 0.3) is 0 Å². The number of anilines is 1. The van der Waals surface area contributed by atoms with Gasteiger partial charge in [-0.2, -0.15) is 10.2 Å². The van der Waals surface area contributed by atoms with Gasteiger partial charge in [0.05, 0.1) is 42.0 Å². The number of hydrogen-bond donors (Lipinski definition) is 1. The molecule has 5 aliphatic rings. The summed E-state index contributed by atoms with van der Waals surface area (Å²) in [6.45, 7) is 22.9. The number of piperazine rings is 1. The van der Waals surface area contributed by atoms with Crippen LogP contribution in [0.3, 0.4) is 0 Å². The number of fused-ring (bicyclic) bond motifs is 1. The molecule has 6 heterocycles. The van der Waals surface area contributed by atoms with E-state index in [1.165, 1.54) is 12.6 Å². The molecule has 1 aromatic carbocycles. The molecule has 47 heavy (non-hydrogen) atoms. The van der Waals surface area contributed by atoms with Crippen molar-refractivity contribution < 1.29 is 9.53 Å². The lowest BCUT2D eigenvalue weighted by Gasteiger charge is -2.58. The van der Waals surface area contributed by atoms with E-state index in [0.717, 1.165) is 129 Å². The average molecular weight is 661 g/mol. The fourth-order valence-corrected chi connectivity index (χ4v) is 9.65. The van der Waals surface area contributed by atoms with Crippen molar-refractivity contribution in [3.8, 4) is 11.1 Å². The number of aromatic amines is 1. The van der Waals surface area contributed by atoms with Crippen LogP contribution in [0.2, 0.25) is 5.02 Å². The zero-order valence-electron chi connectivity index (χ0n) is 28.4. The number of aromatic nitrogens is 4. The fourth-order valence-electron chi connectivity index (χ4n) is 9.40. The number of carbonyl (C=O) groups is 1. The minimum Gasteiger partial charge on any atom is -0.378 e. The first-order chi connectivity index (χ1) is 22.6. The summed E-state index contributed by atoms with van der Waals surface area (Å²) in [5.74, 6) is 1.73. The standard InChI is InChI=1S/C36H49ClN8O2/c1-6-30(46)43-21-36(22-43)15-26(16-36)45-24(3)31(32-28-17-38-39-29(28)13-23(2)33(32)37)34(40-45)44-8-7-25(14-35(44,4)5)18-41-9-11-42(12-10-41)27-19-47-20-27/h6,13,17,25-27H,1,7-12,14-16,18-22H2,2-5H3,(H,38,39)/t25-/m1/s1. The maximum Gasteiger partial charge on any atom is 0.245 e. The van der Waals surface area contributed by atoms with Crippen LogP contribution in [0.15, 0.2) is 24.9 Å². The van der Waals surface area contributed by atoms with E-state index in [0.29, 0.717) is 18.0 Å². The smallest absolute Gasteiger partial charge is 0.245 e. The van der Waals surface area contributed by atoms with Crippen molar-refractivity contribution in [2.75, 3.05) is 70.5 Å². The van der Waals surface area contributed by atoms with Crippen molar-refractivity contribution in [1.29, 1.82) is 0 Å². The highest BCUT2D eigenvalue weighted by Gasteiger charge is 2.55. The summed E-state index contributed by atoms with van der Waals surface area (Å²) >= 11 is 7.21. The number of nitrogens with zero attached hydrogens (tertiary/aromatic N) is 7. The number of hydrogen-bond acceptors (Lipinski definition) is 7. The molecule has 0 radical (unpaired) electrons. The molecule has 11 heteroatoms. The molecule has 1 aliphatic carbocycles. The van der Waals surface area contributed by atoms with E-state index in [2.05, 4.69) is 69.9 Å². The number of carbonyl (C=O) groups excluding carboxylic acids is 1. The number of rotatable bonds is 7. The van der Waals surface area contributed by atoms with Crippen LogP contribution in [0.4, 0.5) is 5.82 Å². The lowest BCUT2D eigenvalue weighted by Crippen LogP contribution is -2.63. The number of H-pyrrole nitrogens is 1. The summed E-state index contributed by atoms with van der Waals surface area (Å²) < 4.78 is 7.73. The van der Waals surface area contributed by atoms with E-state index in [9.17, 15) is 4.79 Å². The summed E-state index contributed by atoms with van der Waals surface area (Å²) in [5, 5.41) is 14.9. The van der Waals surface area contributed by atoms with E-state index in [1.54, 1.807) is 0 Å². The first-order valence-corrected chi connectivity index (χ1v) is 17.9. The molecular weight excluding hydrogens is 612 g/mol. The summed E-state index contributed by atoms with van der Waals surface area (Å²) in [6.07, 6.45) is 7.67. The number of nitrogens with one attached hydrogen (secondary N) is 1. The molecule has 1 saturated carbocycles. The molecule has 3 aromatic rings. The quantitative estimate of drug-likeness (QED) is 0.355. The average Bonchev–Trinajstić information content (AvgIpc) is 3.56. The molecule has 10 nitrogen and oxygen atoms in total. The topological polar surface area (TPSA) is 85.8 Å². The number of halogens is 1. The van der Waals surface area contributed by atoms with Crippen LogP contribution < -0.4 is 4.90 Å². The third kappa shape index (κ3) is 5.30. The largest absolute Gasteiger partial charge is 0.378 e. The van der Waals surface area contributed by atoms with Gasteiger partial charge in [-0.3, -0.25) is 19.5 Å². The van der Waals surface area contributed by atoms with Gasteiger partial charge in [0.15, 0.2) is 5.82 Å². The zero-order valence-corrected chi connectivity index (χ0v) is 29.2. The number of likely N-dealkylation sites (tertiary alicyclic amines) is 1. The molecule has 0 unspecified atom stereocenters. The van der Waals surface area contributed by atoms with Gasteiger partial charge in [-0.05, 0) is 77.0 Å². The summed E-state index contributed by atoms with van der Waals surface area (Å²) in [5.41, 5.74) is 5.47. The SMILES string of the molecule is C=CC(=O)N1CC2(CC(n3nc(N4CC[C@@H](CN5CCN(C6COC6)CC5)CC4(C)C)c(-c4c(Cl)c(C)cc5[nH]ncc45)c3C)C2)C1. The second-order valence-corrected chi connectivity index (χ2v) is 16.1. The van der Waals surface area contributed by atoms with E-state index in [1.807, 2.05) is 11.1 Å².